The third-order valence-electron chi connectivity index (χ3n) is 6.39. The Kier molecular flexibility index (Phi) is 6.80. The number of carbonyl (C=O) groups is 1. The summed E-state index contributed by atoms with van der Waals surface area (Å²) in [6.07, 6.45) is -3.98. The van der Waals surface area contributed by atoms with Crippen LogP contribution in [0.3, 0.4) is 0 Å². The number of carbonyl (C=O) groups excluding carboxylic acids is 1. The number of nitrogens with one attached hydrogen (secondary N) is 1. The molecular weight excluding hydrogens is 449 g/mol. The monoisotopic (exact) mass is 480 g/mol. The van der Waals surface area contributed by atoms with E-state index in [4.69, 9.17) is 4.74 Å². The quantitative estimate of drug-likeness (QED) is 0.696. The molecule has 0 saturated carbocycles. The normalized spacial score (nSPS) is 22.1. The molecule has 2 atom stereocenters. The van der Waals surface area contributed by atoms with Crippen LogP contribution in [0.1, 0.15) is 56.0 Å². The number of ether oxygens (including phenoxy) is 2. The van der Waals surface area contributed by atoms with Gasteiger partial charge >= 0.3 is 12.4 Å². The molecule has 2 saturated heterocycles. The van der Waals surface area contributed by atoms with E-state index in [0.29, 0.717) is 39.4 Å². The van der Waals surface area contributed by atoms with Gasteiger partial charge in [0.25, 0.3) is 0 Å². The van der Waals surface area contributed by atoms with E-state index in [1.165, 1.54) is 12.1 Å². The van der Waals surface area contributed by atoms with Crippen LogP contribution in [0, 0.1) is 0 Å². The number of H-pyrrole nitrogens is 1. The first-order chi connectivity index (χ1) is 16.0. The number of piperidine rings is 1. The number of likely N-dealkylation sites (tertiary alicyclic amines) is 1. The van der Waals surface area contributed by atoms with Crippen molar-refractivity contribution in [2.24, 2.45) is 0 Å². The van der Waals surface area contributed by atoms with Gasteiger partial charge in [0.15, 0.2) is 0 Å². The Hall–Kier alpha value is -2.75. The average Bonchev–Trinajstić information content (AvgIpc) is 3.29. The number of nitrogens with zero attached hydrogens (tertiary/aromatic N) is 3. The zero-order valence-electron chi connectivity index (χ0n) is 19.7. The molecule has 2 unspecified atom stereocenters. The maximum Gasteiger partial charge on any atom is 0.573 e. The largest absolute Gasteiger partial charge is 0.573 e. The number of urea groups is 1. The Morgan fingerprint density at radius 2 is 1.71 bits per heavy atom. The number of benzene rings is 1. The van der Waals surface area contributed by atoms with Gasteiger partial charge in [0.2, 0.25) is 0 Å². The maximum absolute atomic E-state index is 13.3. The van der Waals surface area contributed by atoms with Gasteiger partial charge < -0.3 is 19.3 Å². The molecule has 0 bridgehead atoms. The minimum atomic E-state index is -4.73. The van der Waals surface area contributed by atoms with E-state index in [9.17, 15) is 18.0 Å². The molecular formula is C24H31F3N4O3. The molecule has 7 nitrogen and oxygen atoms in total. The fourth-order valence-corrected chi connectivity index (χ4v) is 4.55. The highest BCUT2D eigenvalue weighted by Gasteiger charge is 2.36. The number of aromatic amines is 1. The SMILES string of the molecule is CC(C)(C)c1cc(C2CC(c3ccc(OC(F)(F)F)cc3)CN(C(=O)N3CCOCC3)C2)[nH]n1. The van der Waals surface area contributed by atoms with Crippen LogP contribution in [0.4, 0.5) is 18.0 Å². The van der Waals surface area contributed by atoms with Crippen LogP contribution in [0.15, 0.2) is 30.3 Å². The highest BCUT2D eigenvalue weighted by Crippen LogP contribution is 2.37. The standard InChI is InChI=1S/C24H31F3N4O3/c1-23(2,3)21-13-20(28-29-21)18-12-17(16-4-6-19(7-5-16)34-24(25,26)27)14-31(15-18)22(32)30-8-10-33-11-9-30/h4-7,13,17-18H,8-12,14-15H2,1-3H3,(H,28,29). The number of morpholine rings is 1. The molecule has 2 aromatic rings. The predicted molar refractivity (Wildman–Crippen MR) is 120 cm³/mol. The Morgan fingerprint density at radius 3 is 2.29 bits per heavy atom. The summed E-state index contributed by atoms with van der Waals surface area (Å²) < 4.78 is 47.0. The van der Waals surface area contributed by atoms with Crippen molar-refractivity contribution in [3.8, 4) is 5.75 Å². The number of hydrogen-bond donors (Lipinski definition) is 1. The molecule has 34 heavy (non-hydrogen) atoms. The third kappa shape index (κ3) is 5.84. The summed E-state index contributed by atoms with van der Waals surface area (Å²) in [4.78, 5) is 17.0. The molecule has 1 aromatic heterocycles. The van der Waals surface area contributed by atoms with Crippen molar-refractivity contribution in [3.63, 3.8) is 0 Å². The van der Waals surface area contributed by atoms with E-state index >= 15 is 0 Å². The van der Waals surface area contributed by atoms with E-state index in [1.807, 2.05) is 4.90 Å². The van der Waals surface area contributed by atoms with Gasteiger partial charge in [-0.05, 0) is 30.2 Å². The van der Waals surface area contributed by atoms with E-state index in [1.54, 1.807) is 17.0 Å². The summed E-state index contributed by atoms with van der Waals surface area (Å²) >= 11 is 0. The van der Waals surface area contributed by atoms with Crippen molar-refractivity contribution in [1.29, 1.82) is 0 Å². The lowest BCUT2D eigenvalue weighted by atomic mass is 9.82. The van der Waals surface area contributed by atoms with Gasteiger partial charge in [0, 0.05) is 49.1 Å². The summed E-state index contributed by atoms with van der Waals surface area (Å²) in [5.41, 5.74) is 2.67. The van der Waals surface area contributed by atoms with Crippen LogP contribution in [-0.4, -0.2) is 71.8 Å². The van der Waals surface area contributed by atoms with Crippen LogP contribution in [0.25, 0.3) is 0 Å². The molecule has 3 heterocycles. The summed E-state index contributed by atoms with van der Waals surface area (Å²) in [6.45, 7) is 9.45. The van der Waals surface area contributed by atoms with Crippen molar-refractivity contribution in [2.75, 3.05) is 39.4 Å². The van der Waals surface area contributed by atoms with Gasteiger partial charge in [0.1, 0.15) is 5.75 Å². The number of alkyl halides is 3. The van der Waals surface area contributed by atoms with Gasteiger partial charge in [-0.25, -0.2) is 4.79 Å². The zero-order valence-corrected chi connectivity index (χ0v) is 19.7. The second-order valence-electron chi connectivity index (χ2n) is 9.99. The lowest BCUT2D eigenvalue weighted by molar-refractivity contribution is -0.274. The topological polar surface area (TPSA) is 70.7 Å². The summed E-state index contributed by atoms with van der Waals surface area (Å²) in [6, 6.07) is 7.98. The number of hydrogen-bond acceptors (Lipinski definition) is 4. The van der Waals surface area contributed by atoms with Crippen molar-refractivity contribution < 1.29 is 27.4 Å². The first-order valence-corrected chi connectivity index (χ1v) is 11.5. The molecule has 2 aliphatic heterocycles. The van der Waals surface area contributed by atoms with Crippen LogP contribution in [0.2, 0.25) is 0 Å². The molecule has 0 spiro atoms. The number of amides is 2. The average molecular weight is 481 g/mol. The molecule has 10 heteroatoms. The van der Waals surface area contributed by atoms with E-state index in [2.05, 4.69) is 41.8 Å². The van der Waals surface area contributed by atoms with E-state index < -0.39 is 6.36 Å². The maximum atomic E-state index is 13.3. The molecule has 2 aliphatic rings. The number of aromatic nitrogens is 2. The number of halogens is 3. The Balaban J connectivity index is 1.57. The summed E-state index contributed by atoms with van der Waals surface area (Å²) in [7, 11) is 0. The highest BCUT2D eigenvalue weighted by molar-refractivity contribution is 5.75. The first-order valence-electron chi connectivity index (χ1n) is 11.5. The summed E-state index contributed by atoms with van der Waals surface area (Å²) in [5, 5.41) is 7.65. The lowest BCUT2D eigenvalue weighted by Crippen LogP contribution is -2.52. The molecule has 1 N–H and O–H groups in total. The Bertz CT molecular complexity index is 979. The van der Waals surface area contributed by atoms with Gasteiger partial charge in [-0.3, -0.25) is 5.10 Å². The van der Waals surface area contributed by atoms with Gasteiger partial charge in [0.05, 0.1) is 18.9 Å². The molecule has 2 fully saturated rings. The molecule has 0 aliphatic carbocycles. The summed E-state index contributed by atoms with van der Waals surface area (Å²) in [5.74, 6) is -0.267. The van der Waals surface area contributed by atoms with Crippen LogP contribution in [0.5, 0.6) is 5.75 Å². The predicted octanol–water partition coefficient (Wildman–Crippen LogP) is 4.63. The molecule has 4 rings (SSSR count). The molecule has 186 valence electrons. The first kappa shape index (κ1) is 24.4. The number of rotatable bonds is 3. The molecule has 2 amide bonds. The minimum absolute atomic E-state index is 0.0263. The zero-order chi connectivity index (χ0) is 24.5. The van der Waals surface area contributed by atoms with E-state index in [-0.39, 0.29) is 29.0 Å². The van der Waals surface area contributed by atoms with E-state index in [0.717, 1.165) is 23.4 Å². The second-order valence-corrected chi connectivity index (χ2v) is 9.99. The second kappa shape index (κ2) is 9.48. The van der Waals surface area contributed by atoms with Gasteiger partial charge in [-0.15, -0.1) is 13.2 Å². The fraction of sp³-hybridized carbons (Fsp3) is 0.583. The van der Waals surface area contributed by atoms with Gasteiger partial charge in [-0.2, -0.15) is 5.10 Å². The fourth-order valence-electron chi connectivity index (χ4n) is 4.55. The van der Waals surface area contributed by atoms with Crippen LogP contribution >= 0.6 is 0 Å². The molecule has 0 radical (unpaired) electrons. The van der Waals surface area contributed by atoms with Gasteiger partial charge in [-0.1, -0.05) is 32.9 Å². The van der Waals surface area contributed by atoms with Crippen LogP contribution < -0.4 is 4.74 Å². The van der Waals surface area contributed by atoms with Crippen molar-refractivity contribution in [3.05, 3.63) is 47.3 Å². The lowest BCUT2D eigenvalue weighted by Gasteiger charge is -2.41. The minimum Gasteiger partial charge on any atom is -0.406 e. The third-order valence-corrected chi connectivity index (χ3v) is 6.39. The Labute approximate surface area is 197 Å². The highest BCUT2D eigenvalue weighted by atomic mass is 19.4. The van der Waals surface area contributed by atoms with Crippen molar-refractivity contribution in [2.45, 2.75) is 50.8 Å². The molecule has 1 aromatic carbocycles. The Morgan fingerprint density at radius 1 is 1.06 bits per heavy atom. The smallest absolute Gasteiger partial charge is 0.406 e. The van der Waals surface area contributed by atoms with Crippen LogP contribution in [-0.2, 0) is 10.2 Å². The van der Waals surface area contributed by atoms with Crippen molar-refractivity contribution >= 4 is 6.03 Å². The van der Waals surface area contributed by atoms with Crippen molar-refractivity contribution in [1.82, 2.24) is 20.0 Å².